The highest BCUT2D eigenvalue weighted by Gasteiger charge is 2.32. The van der Waals surface area contributed by atoms with Gasteiger partial charge in [-0.1, -0.05) is 35.0 Å². The Morgan fingerprint density at radius 3 is 2.67 bits per heavy atom. The van der Waals surface area contributed by atoms with Crippen LogP contribution >= 0.6 is 35.0 Å². The Morgan fingerprint density at radius 2 is 1.96 bits per heavy atom. The second-order valence-corrected chi connectivity index (χ2v) is 7.00. The van der Waals surface area contributed by atoms with Gasteiger partial charge in [-0.2, -0.15) is 13.2 Å². The van der Waals surface area contributed by atoms with Gasteiger partial charge >= 0.3 is 6.18 Å². The van der Waals surface area contributed by atoms with Crippen molar-refractivity contribution in [2.45, 2.75) is 11.3 Å². The zero-order chi connectivity index (χ0) is 19.8. The second-order valence-electron chi connectivity index (χ2n) is 5.21. The van der Waals surface area contributed by atoms with E-state index in [0.717, 1.165) is 34.5 Å². The number of hydrogen-bond donors (Lipinski definition) is 1. The van der Waals surface area contributed by atoms with E-state index in [-0.39, 0.29) is 32.3 Å². The standard InChI is InChI=1S/C15H8Cl2F4N4OS/c16-8-1-2-10(18)11(4-8)22-12(26)6-27-14-24-23-13-9(17)3-7(5-25(13)14)15(19,20)21/h1-5H,6H2,(H,22,26). The number of nitrogens with one attached hydrogen (secondary N) is 1. The van der Waals surface area contributed by atoms with Crippen LogP contribution in [0.4, 0.5) is 23.2 Å². The lowest BCUT2D eigenvalue weighted by Crippen LogP contribution is -2.15. The van der Waals surface area contributed by atoms with Crippen molar-refractivity contribution in [1.82, 2.24) is 14.6 Å². The van der Waals surface area contributed by atoms with Crippen LogP contribution < -0.4 is 5.32 Å². The largest absolute Gasteiger partial charge is 0.417 e. The first-order valence-corrected chi connectivity index (χ1v) is 8.88. The fraction of sp³-hybridized carbons (Fsp3) is 0.133. The molecule has 3 rings (SSSR count). The monoisotopic (exact) mass is 438 g/mol. The highest BCUT2D eigenvalue weighted by molar-refractivity contribution is 7.99. The average molecular weight is 439 g/mol. The minimum Gasteiger partial charge on any atom is -0.323 e. The zero-order valence-electron chi connectivity index (χ0n) is 13.0. The molecule has 142 valence electrons. The second kappa shape index (κ2) is 7.53. The van der Waals surface area contributed by atoms with Crippen molar-refractivity contribution >= 4 is 52.2 Å². The Labute approximate surface area is 163 Å². The third-order valence-electron chi connectivity index (χ3n) is 3.29. The number of hydrogen-bond acceptors (Lipinski definition) is 4. The fourth-order valence-electron chi connectivity index (χ4n) is 2.10. The van der Waals surface area contributed by atoms with E-state index in [2.05, 4.69) is 15.5 Å². The molecular formula is C15H8Cl2F4N4OS. The highest BCUT2D eigenvalue weighted by atomic mass is 35.5. The number of rotatable bonds is 4. The van der Waals surface area contributed by atoms with Crippen LogP contribution in [0, 0.1) is 5.82 Å². The predicted molar refractivity (Wildman–Crippen MR) is 93.8 cm³/mol. The Kier molecular flexibility index (Phi) is 5.50. The van der Waals surface area contributed by atoms with Crippen LogP contribution in [-0.2, 0) is 11.0 Å². The fourth-order valence-corrected chi connectivity index (χ4v) is 3.22. The predicted octanol–water partition coefficient (Wildman–Crippen LogP) is 4.92. The molecule has 0 unspecified atom stereocenters. The van der Waals surface area contributed by atoms with Gasteiger partial charge in [-0.15, -0.1) is 10.2 Å². The summed E-state index contributed by atoms with van der Waals surface area (Å²) in [5.74, 6) is -1.52. The minimum atomic E-state index is -4.61. The van der Waals surface area contributed by atoms with Crippen LogP contribution in [-0.4, -0.2) is 26.3 Å². The first-order valence-electron chi connectivity index (χ1n) is 7.14. The summed E-state index contributed by atoms with van der Waals surface area (Å²) in [6.07, 6.45) is -3.82. The topological polar surface area (TPSA) is 59.3 Å². The van der Waals surface area contributed by atoms with Gasteiger partial charge in [0.15, 0.2) is 10.8 Å². The van der Waals surface area contributed by atoms with E-state index in [0.29, 0.717) is 0 Å². The lowest BCUT2D eigenvalue weighted by atomic mass is 10.3. The van der Waals surface area contributed by atoms with E-state index < -0.39 is 23.5 Å². The zero-order valence-corrected chi connectivity index (χ0v) is 15.3. The maximum Gasteiger partial charge on any atom is 0.417 e. The maximum absolute atomic E-state index is 13.6. The summed E-state index contributed by atoms with van der Waals surface area (Å²) in [6, 6.07) is 4.40. The number of fused-ring (bicyclic) bond motifs is 1. The molecule has 2 heterocycles. The summed E-state index contributed by atoms with van der Waals surface area (Å²) in [5.41, 5.74) is -1.07. The Bertz CT molecular complexity index is 1020. The van der Waals surface area contributed by atoms with Gasteiger partial charge in [-0.25, -0.2) is 4.39 Å². The molecule has 0 bridgehead atoms. The van der Waals surface area contributed by atoms with Crippen LogP contribution in [0.5, 0.6) is 0 Å². The molecule has 2 aromatic heterocycles. The molecule has 0 saturated carbocycles. The van der Waals surface area contributed by atoms with Gasteiger partial charge in [0.05, 0.1) is 22.0 Å². The summed E-state index contributed by atoms with van der Waals surface area (Å²) in [5, 5.41) is 9.81. The molecule has 0 radical (unpaired) electrons. The van der Waals surface area contributed by atoms with Gasteiger partial charge in [0.1, 0.15) is 5.82 Å². The van der Waals surface area contributed by atoms with Gasteiger partial charge in [0, 0.05) is 11.2 Å². The molecule has 1 N–H and O–H groups in total. The number of halogens is 6. The first kappa shape index (κ1) is 19.7. The van der Waals surface area contributed by atoms with Crippen molar-refractivity contribution < 1.29 is 22.4 Å². The molecule has 0 aliphatic heterocycles. The minimum absolute atomic E-state index is 0.0217. The molecule has 0 fully saturated rings. The van der Waals surface area contributed by atoms with Crippen molar-refractivity contribution in [3.8, 4) is 0 Å². The summed E-state index contributed by atoms with van der Waals surface area (Å²) in [7, 11) is 0. The molecule has 0 saturated heterocycles. The normalized spacial score (nSPS) is 11.8. The maximum atomic E-state index is 13.6. The van der Waals surface area contributed by atoms with Crippen LogP contribution in [0.3, 0.4) is 0 Å². The van der Waals surface area contributed by atoms with Crippen molar-refractivity contribution in [3.05, 3.63) is 51.9 Å². The summed E-state index contributed by atoms with van der Waals surface area (Å²) in [4.78, 5) is 12.0. The van der Waals surface area contributed by atoms with Crippen molar-refractivity contribution in [2.75, 3.05) is 11.1 Å². The molecule has 1 amide bonds. The Balaban J connectivity index is 1.78. The number of carbonyl (C=O) groups is 1. The van der Waals surface area contributed by atoms with Gasteiger partial charge in [-0.05, 0) is 24.3 Å². The van der Waals surface area contributed by atoms with Gasteiger partial charge < -0.3 is 5.32 Å². The molecule has 0 atom stereocenters. The summed E-state index contributed by atoms with van der Waals surface area (Å²) < 4.78 is 53.5. The molecule has 3 aromatic rings. The molecule has 0 spiro atoms. The van der Waals surface area contributed by atoms with Crippen LogP contribution in [0.25, 0.3) is 5.65 Å². The van der Waals surface area contributed by atoms with Crippen molar-refractivity contribution in [3.63, 3.8) is 0 Å². The lowest BCUT2D eigenvalue weighted by Gasteiger charge is -2.09. The average Bonchev–Trinajstić information content (AvgIpc) is 2.99. The molecule has 12 heteroatoms. The van der Waals surface area contributed by atoms with E-state index >= 15 is 0 Å². The van der Waals surface area contributed by atoms with Gasteiger partial charge in [0.25, 0.3) is 0 Å². The molecule has 27 heavy (non-hydrogen) atoms. The molecule has 0 aliphatic carbocycles. The van der Waals surface area contributed by atoms with E-state index in [1.807, 2.05) is 0 Å². The SMILES string of the molecule is O=C(CSc1nnc2c(Cl)cc(C(F)(F)F)cn12)Nc1cc(Cl)ccc1F. The number of aromatic nitrogens is 3. The smallest absolute Gasteiger partial charge is 0.323 e. The van der Waals surface area contributed by atoms with E-state index in [9.17, 15) is 22.4 Å². The number of carbonyl (C=O) groups excluding carboxylic acids is 1. The molecular weight excluding hydrogens is 431 g/mol. The third-order valence-corrected chi connectivity index (χ3v) is 4.75. The molecule has 5 nitrogen and oxygen atoms in total. The summed E-state index contributed by atoms with van der Waals surface area (Å²) in [6.45, 7) is 0. The Morgan fingerprint density at radius 1 is 1.22 bits per heavy atom. The summed E-state index contributed by atoms with van der Waals surface area (Å²) >= 11 is 12.4. The highest BCUT2D eigenvalue weighted by Crippen LogP contribution is 2.33. The lowest BCUT2D eigenvalue weighted by molar-refractivity contribution is -0.137. The van der Waals surface area contributed by atoms with Crippen LogP contribution in [0.1, 0.15) is 5.56 Å². The van der Waals surface area contributed by atoms with E-state index in [4.69, 9.17) is 23.2 Å². The van der Waals surface area contributed by atoms with E-state index in [1.165, 1.54) is 12.1 Å². The molecule has 1 aromatic carbocycles. The number of anilines is 1. The van der Waals surface area contributed by atoms with Crippen LogP contribution in [0.2, 0.25) is 10.0 Å². The number of amides is 1. The quantitative estimate of drug-likeness (QED) is 0.463. The molecule has 0 aliphatic rings. The van der Waals surface area contributed by atoms with Crippen molar-refractivity contribution in [1.29, 1.82) is 0 Å². The van der Waals surface area contributed by atoms with Gasteiger partial charge in [-0.3, -0.25) is 9.20 Å². The van der Waals surface area contributed by atoms with Crippen LogP contribution in [0.15, 0.2) is 35.6 Å². The van der Waals surface area contributed by atoms with Gasteiger partial charge in [0.2, 0.25) is 5.91 Å². The Hall–Kier alpha value is -2.04. The number of alkyl halides is 3. The third kappa shape index (κ3) is 4.45. The van der Waals surface area contributed by atoms with Crippen molar-refractivity contribution in [2.24, 2.45) is 0 Å². The first-order chi connectivity index (χ1) is 12.6. The number of thioether (sulfide) groups is 1. The van der Waals surface area contributed by atoms with E-state index in [1.54, 1.807) is 0 Å². The number of benzene rings is 1. The number of pyridine rings is 1. The number of nitrogens with zero attached hydrogens (tertiary/aromatic N) is 3.